The average Bonchev–Trinajstić information content (AvgIpc) is 2.46. The number of nitrogens with zero attached hydrogens (tertiary/aromatic N) is 1. The van der Waals surface area contributed by atoms with Crippen molar-refractivity contribution in [3.63, 3.8) is 0 Å². The Hall–Kier alpha value is -0.610. The van der Waals surface area contributed by atoms with Gasteiger partial charge in [0.1, 0.15) is 6.04 Å². The van der Waals surface area contributed by atoms with Gasteiger partial charge in [-0.1, -0.05) is 6.42 Å². The largest absolute Gasteiger partial charge is 0.355 e. The molecular weight excluding hydrogens is 190 g/mol. The first-order valence-corrected chi connectivity index (χ1v) is 6.15. The number of hydrazine groups is 1. The number of amides is 1. The molecule has 0 saturated carbocycles. The lowest BCUT2D eigenvalue weighted by molar-refractivity contribution is -0.124. The molecule has 2 aliphatic rings. The summed E-state index contributed by atoms with van der Waals surface area (Å²) >= 11 is 0. The average molecular weight is 211 g/mol. The van der Waals surface area contributed by atoms with Crippen LogP contribution in [0, 0.1) is 0 Å². The van der Waals surface area contributed by atoms with Gasteiger partial charge in [-0.3, -0.25) is 4.79 Å². The van der Waals surface area contributed by atoms with Gasteiger partial charge in [-0.05, 0) is 32.1 Å². The molecule has 2 saturated heterocycles. The van der Waals surface area contributed by atoms with Crippen molar-refractivity contribution < 1.29 is 4.79 Å². The number of carbonyl (C=O) groups excluding carboxylic acids is 1. The Kier molecular flexibility index (Phi) is 3.97. The van der Waals surface area contributed by atoms with Crippen LogP contribution in [0.2, 0.25) is 0 Å². The first kappa shape index (κ1) is 10.9. The van der Waals surface area contributed by atoms with Gasteiger partial charge in [0.15, 0.2) is 0 Å². The Labute approximate surface area is 91.4 Å². The number of nitrogens with one attached hydrogen (secondary N) is 2. The summed E-state index contributed by atoms with van der Waals surface area (Å²) in [6.07, 6.45) is 7.06. The highest BCUT2D eigenvalue weighted by atomic mass is 16.2. The summed E-state index contributed by atoms with van der Waals surface area (Å²) in [6.45, 7) is 3.02. The molecule has 1 unspecified atom stereocenters. The van der Waals surface area contributed by atoms with Gasteiger partial charge in [-0.15, -0.1) is 0 Å². The fourth-order valence-electron chi connectivity index (χ4n) is 2.31. The minimum Gasteiger partial charge on any atom is -0.355 e. The fourth-order valence-corrected chi connectivity index (χ4v) is 2.31. The van der Waals surface area contributed by atoms with Gasteiger partial charge in [-0.25, -0.2) is 10.4 Å². The number of piperidine rings is 1. The molecule has 2 rings (SSSR count). The third-order valence-electron chi connectivity index (χ3n) is 3.23. The summed E-state index contributed by atoms with van der Waals surface area (Å²) in [7, 11) is 0. The van der Waals surface area contributed by atoms with E-state index < -0.39 is 0 Å². The zero-order valence-electron chi connectivity index (χ0n) is 9.30. The molecule has 0 spiro atoms. The van der Waals surface area contributed by atoms with Crippen LogP contribution in [0.15, 0.2) is 0 Å². The fraction of sp³-hybridized carbons (Fsp3) is 0.909. The maximum atomic E-state index is 11.7. The van der Waals surface area contributed by atoms with Gasteiger partial charge in [-0.2, -0.15) is 0 Å². The van der Waals surface area contributed by atoms with Crippen LogP contribution in [0.1, 0.15) is 38.5 Å². The van der Waals surface area contributed by atoms with E-state index in [1.807, 2.05) is 0 Å². The van der Waals surface area contributed by atoms with E-state index in [0.717, 1.165) is 38.9 Å². The van der Waals surface area contributed by atoms with Crippen molar-refractivity contribution in [1.29, 1.82) is 0 Å². The van der Waals surface area contributed by atoms with Gasteiger partial charge in [0.2, 0.25) is 5.91 Å². The molecule has 2 fully saturated rings. The molecule has 2 heterocycles. The smallest absolute Gasteiger partial charge is 0.238 e. The van der Waals surface area contributed by atoms with Crippen molar-refractivity contribution >= 4 is 5.91 Å². The summed E-state index contributed by atoms with van der Waals surface area (Å²) in [5.74, 6) is 0.179. The van der Waals surface area contributed by atoms with Crippen LogP contribution in [0.3, 0.4) is 0 Å². The lowest BCUT2D eigenvalue weighted by Gasteiger charge is -2.30. The molecule has 1 amide bonds. The van der Waals surface area contributed by atoms with E-state index >= 15 is 0 Å². The van der Waals surface area contributed by atoms with E-state index in [-0.39, 0.29) is 11.9 Å². The predicted molar refractivity (Wildman–Crippen MR) is 59.2 cm³/mol. The number of hydrogen-bond acceptors (Lipinski definition) is 3. The molecule has 0 aromatic carbocycles. The number of carbonyl (C=O) groups is 1. The standard InChI is InChI=1S/C11H21N3O/c15-11-10(6-2-3-7-12-11)13-14-8-4-1-5-9-14/h10,13H,1-9H2,(H,12,15). The lowest BCUT2D eigenvalue weighted by atomic mass is 10.1. The number of rotatable bonds is 2. The van der Waals surface area contributed by atoms with E-state index in [2.05, 4.69) is 15.8 Å². The van der Waals surface area contributed by atoms with E-state index in [1.165, 1.54) is 19.3 Å². The molecule has 1 atom stereocenters. The Balaban J connectivity index is 1.82. The van der Waals surface area contributed by atoms with Crippen molar-refractivity contribution in [2.45, 2.75) is 44.6 Å². The van der Waals surface area contributed by atoms with Gasteiger partial charge >= 0.3 is 0 Å². The highest BCUT2D eigenvalue weighted by molar-refractivity contribution is 5.81. The third kappa shape index (κ3) is 3.18. The minimum absolute atomic E-state index is 0.00519. The monoisotopic (exact) mass is 211 g/mol. The quantitative estimate of drug-likeness (QED) is 0.705. The van der Waals surface area contributed by atoms with E-state index in [4.69, 9.17) is 0 Å². The molecule has 4 nitrogen and oxygen atoms in total. The second kappa shape index (κ2) is 5.47. The predicted octanol–water partition coefficient (Wildman–Crippen LogP) is 0.646. The second-order valence-electron chi connectivity index (χ2n) is 4.52. The molecule has 2 aliphatic heterocycles. The van der Waals surface area contributed by atoms with Gasteiger partial charge < -0.3 is 5.32 Å². The highest BCUT2D eigenvalue weighted by Gasteiger charge is 2.23. The molecule has 2 N–H and O–H groups in total. The number of hydrogen-bond donors (Lipinski definition) is 2. The van der Waals surface area contributed by atoms with Crippen molar-refractivity contribution in [3.8, 4) is 0 Å². The Morgan fingerprint density at radius 3 is 2.73 bits per heavy atom. The van der Waals surface area contributed by atoms with Crippen LogP contribution in [0.25, 0.3) is 0 Å². The maximum Gasteiger partial charge on any atom is 0.238 e. The molecule has 0 bridgehead atoms. The van der Waals surface area contributed by atoms with E-state index in [1.54, 1.807) is 0 Å². The van der Waals surface area contributed by atoms with Gasteiger partial charge in [0, 0.05) is 19.6 Å². The normalized spacial score (nSPS) is 29.6. The molecule has 0 aromatic rings. The van der Waals surface area contributed by atoms with Crippen LogP contribution in [-0.4, -0.2) is 36.6 Å². The topological polar surface area (TPSA) is 44.4 Å². The minimum atomic E-state index is 0.00519. The molecule has 0 aliphatic carbocycles. The van der Waals surface area contributed by atoms with Gasteiger partial charge in [0.05, 0.1) is 0 Å². The van der Waals surface area contributed by atoms with Crippen LogP contribution in [-0.2, 0) is 4.79 Å². The first-order valence-electron chi connectivity index (χ1n) is 6.15. The summed E-state index contributed by atoms with van der Waals surface area (Å²) in [5, 5.41) is 5.18. The second-order valence-corrected chi connectivity index (χ2v) is 4.52. The summed E-state index contributed by atoms with van der Waals surface area (Å²) in [5.41, 5.74) is 3.37. The van der Waals surface area contributed by atoms with Crippen molar-refractivity contribution in [2.75, 3.05) is 19.6 Å². The van der Waals surface area contributed by atoms with Crippen molar-refractivity contribution in [2.24, 2.45) is 0 Å². The van der Waals surface area contributed by atoms with Crippen molar-refractivity contribution in [1.82, 2.24) is 15.8 Å². The van der Waals surface area contributed by atoms with Crippen LogP contribution in [0.4, 0.5) is 0 Å². The molecule has 0 radical (unpaired) electrons. The van der Waals surface area contributed by atoms with Crippen LogP contribution < -0.4 is 10.7 Å². The Morgan fingerprint density at radius 1 is 1.13 bits per heavy atom. The molecule has 0 aromatic heterocycles. The summed E-state index contributed by atoms with van der Waals surface area (Å²) < 4.78 is 0. The molecule has 86 valence electrons. The van der Waals surface area contributed by atoms with E-state index in [9.17, 15) is 4.79 Å². The summed E-state index contributed by atoms with van der Waals surface area (Å²) in [6, 6.07) is 0.00519. The van der Waals surface area contributed by atoms with Crippen molar-refractivity contribution in [3.05, 3.63) is 0 Å². The zero-order valence-corrected chi connectivity index (χ0v) is 9.30. The summed E-state index contributed by atoms with van der Waals surface area (Å²) in [4.78, 5) is 11.7. The first-order chi connectivity index (χ1) is 7.36. The van der Waals surface area contributed by atoms with Crippen LogP contribution >= 0.6 is 0 Å². The SMILES string of the molecule is O=C1NCCCCC1NN1CCCCC1. The van der Waals surface area contributed by atoms with E-state index in [0.29, 0.717) is 0 Å². The molecular formula is C11H21N3O. The molecule has 4 heteroatoms. The zero-order chi connectivity index (χ0) is 10.5. The maximum absolute atomic E-state index is 11.7. The Bertz CT molecular complexity index is 214. The third-order valence-corrected chi connectivity index (χ3v) is 3.23. The lowest BCUT2D eigenvalue weighted by Crippen LogP contribution is -2.52. The highest BCUT2D eigenvalue weighted by Crippen LogP contribution is 2.10. The molecule has 15 heavy (non-hydrogen) atoms. The van der Waals surface area contributed by atoms with Gasteiger partial charge in [0.25, 0.3) is 0 Å². The Morgan fingerprint density at radius 2 is 1.93 bits per heavy atom. The van der Waals surface area contributed by atoms with Crippen LogP contribution in [0.5, 0.6) is 0 Å².